The molecule has 1 unspecified atom stereocenters. The molecule has 7 heteroatoms. The molecule has 5 nitrogen and oxygen atoms in total. The highest BCUT2D eigenvalue weighted by Gasteiger charge is 2.38. The van der Waals surface area contributed by atoms with E-state index in [1.807, 2.05) is 36.4 Å². The Balaban J connectivity index is 1.84. The van der Waals surface area contributed by atoms with Gasteiger partial charge in [0.05, 0.1) is 17.6 Å². The van der Waals surface area contributed by atoms with Gasteiger partial charge in [-0.3, -0.25) is 9.11 Å². The van der Waals surface area contributed by atoms with Gasteiger partial charge in [0.15, 0.2) is 6.61 Å². The van der Waals surface area contributed by atoms with E-state index in [4.69, 9.17) is 9.47 Å². The molecule has 0 aliphatic carbocycles. The summed E-state index contributed by atoms with van der Waals surface area (Å²) >= 11 is 1.59. The van der Waals surface area contributed by atoms with E-state index in [1.54, 1.807) is 30.8 Å². The van der Waals surface area contributed by atoms with E-state index in [-0.39, 0.29) is 24.2 Å². The van der Waals surface area contributed by atoms with Crippen molar-refractivity contribution in [1.82, 2.24) is 0 Å². The summed E-state index contributed by atoms with van der Waals surface area (Å²) in [5.74, 6) is 0.0910. The summed E-state index contributed by atoms with van der Waals surface area (Å²) in [5, 5.41) is -0.0754. The van der Waals surface area contributed by atoms with Crippen molar-refractivity contribution in [2.75, 3.05) is 19.0 Å². The van der Waals surface area contributed by atoms with Gasteiger partial charge in [-0.1, -0.05) is 30.3 Å². The zero-order valence-corrected chi connectivity index (χ0v) is 15.4. The Morgan fingerprint density at radius 1 is 1.20 bits per heavy atom. The van der Waals surface area contributed by atoms with Crippen molar-refractivity contribution in [2.45, 2.75) is 22.0 Å². The van der Waals surface area contributed by atoms with Gasteiger partial charge in [-0.25, -0.2) is 4.79 Å². The zero-order chi connectivity index (χ0) is 17.9. The third-order valence-electron chi connectivity index (χ3n) is 3.74. The van der Waals surface area contributed by atoms with Gasteiger partial charge >= 0.3 is 5.97 Å². The van der Waals surface area contributed by atoms with Gasteiger partial charge in [0.25, 0.3) is 0 Å². The Labute approximate surface area is 152 Å². The maximum Gasteiger partial charge on any atom is 0.344 e. The number of rotatable bonds is 6. The Bertz CT molecular complexity index is 748. The van der Waals surface area contributed by atoms with E-state index in [9.17, 15) is 13.9 Å². The number of ether oxygens (including phenoxy) is 2. The topological polar surface area (TPSA) is 76.0 Å². The molecule has 0 fully saturated rings. The van der Waals surface area contributed by atoms with Gasteiger partial charge in [-0.05, 0) is 30.7 Å². The second-order valence-corrected chi connectivity index (χ2v) is 8.87. The third-order valence-corrected chi connectivity index (χ3v) is 7.09. The van der Waals surface area contributed by atoms with Crippen molar-refractivity contribution in [1.29, 1.82) is 0 Å². The monoisotopic (exact) mass is 380 g/mol. The predicted molar refractivity (Wildman–Crippen MR) is 99.6 cm³/mol. The first-order valence-electron chi connectivity index (χ1n) is 7.90. The maximum absolute atomic E-state index is 11.5. The molecule has 0 aromatic heterocycles. The second kappa shape index (κ2) is 7.70. The van der Waals surface area contributed by atoms with Crippen LogP contribution >= 0.6 is 22.4 Å². The molecule has 3 rings (SSSR count). The van der Waals surface area contributed by atoms with E-state index >= 15 is 0 Å². The van der Waals surface area contributed by atoms with E-state index in [0.717, 1.165) is 10.5 Å². The van der Waals surface area contributed by atoms with Crippen LogP contribution in [0.25, 0.3) is 0 Å². The minimum Gasteiger partial charge on any atom is -0.480 e. The molecule has 2 N–H and O–H groups in total. The molecule has 1 heterocycles. The van der Waals surface area contributed by atoms with Gasteiger partial charge in [0.2, 0.25) is 0 Å². The van der Waals surface area contributed by atoms with Crippen LogP contribution < -0.4 is 4.74 Å². The van der Waals surface area contributed by atoms with Gasteiger partial charge in [0.1, 0.15) is 10.6 Å². The van der Waals surface area contributed by atoms with Crippen molar-refractivity contribution in [2.24, 2.45) is 0 Å². The molecule has 25 heavy (non-hydrogen) atoms. The lowest BCUT2D eigenvalue weighted by Gasteiger charge is -2.29. The Morgan fingerprint density at radius 3 is 2.68 bits per heavy atom. The number of hydrogen-bond donors (Lipinski definition) is 2. The first kappa shape index (κ1) is 18.1. The fraction of sp³-hybridized carbons (Fsp3) is 0.278. The first-order valence-corrected chi connectivity index (χ1v) is 10.5. The number of thioether (sulfide) groups is 1. The average Bonchev–Trinajstić information content (AvgIpc) is 2.85. The van der Waals surface area contributed by atoms with E-state index in [2.05, 4.69) is 0 Å². The van der Waals surface area contributed by atoms with Crippen LogP contribution in [0, 0.1) is 0 Å². The minimum absolute atomic E-state index is 0.0754. The van der Waals surface area contributed by atoms with Crippen LogP contribution in [0.1, 0.15) is 17.7 Å². The molecule has 1 aliphatic heterocycles. The van der Waals surface area contributed by atoms with Crippen LogP contribution in [-0.4, -0.2) is 34.0 Å². The third kappa shape index (κ3) is 4.12. The molecule has 0 bridgehead atoms. The normalized spacial score (nSPS) is 19.1. The summed E-state index contributed by atoms with van der Waals surface area (Å²) in [4.78, 5) is 13.0. The SMILES string of the molecule is CCOC(=O)COc1cccc2c1S(O)(O)CC2Sc1ccccc1. The van der Waals surface area contributed by atoms with Crippen LogP contribution in [0.3, 0.4) is 0 Å². The van der Waals surface area contributed by atoms with Crippen molar-refractivity contribution < 1.29 is 23.4 Å². The van der Waals surface area contributed by atoms with Gasteiger partial charge < -0.3 is 9.47 Å². The largest absolute Gasteiger partial charge is 0.480 e. The predicted octanol–water partition coefficient (Wildman–Crippen LogP) is 4.59. The van der Waals surface area contributed by atoms with Crippen LogP contribution in [0.2, 0.25) is 0 Å². The molecule has 0 spiro atoms. The van der Waals surface area contributed by atoms with Gasteiger partial charge in [-0.15, -0.1) is 11.8 Å². The number of fused-ring (bicyclic) bond motifs is 1. The van der Waals surface area contributed by atoms with Crippen molar-refractivity contribution >= 4 is 28.3 Å². The maximum atomic E-state index is 11.5. The number of esters is 1. The van der Waals surface area contributed by atoms with Crippen LogP contribution in [0.5, 0.6) is 5.75 Å². The molecular weight excluding hydrogens is 360 g/mol. The van der Waals surface area contributed by atoms with Crippen LogP contribution in [-0.2, 0) is 9.53 Å². The standard InChI is InChI=1S/C18H20O5S2/c1-2-22-17(19)11-23-15-10-6-9-14-16(12-25(20,21)18(14)15)24-13-7-4-3-5-8-13/h3-10,16,20-21H,2,11-12H2,1H3. The van der Waals surface area contributed by atoms with Crippen LogP contribution in [0.15, 0.2) is 58.3 Å². The van der Waals surface area contributed by atoms with Gasteiger partial charge in [0, 0.05) is 4.90 Å². The summed E-state index contributed by atoms with van der Waals surface area (Å²) in [7, 11) is -2.96. The van der Waals surface area contributed by atoms with Crippen molar-refractivity contribution in [3.8, 4) is 5.75 Å². The smallest absolute Gasteiger partial charge is 0.344 e. The number of carbonyl (C=O) groups is 1. The molecule has 0 saturated heterocycles. The summed E-state index contributed by atoms with van der Waals surface area (Å²) in [6.07, 6.45) is 0. The molecule has 2 aromatic carbocycles. The summed E-state index contributed by atoms with van der Waals surface area (Å²) < 4.78 is 31.5. The lowest BCUT2D eigenvalue weighted by molar-refractivity contribution is -0.145. The van der Waals surface area contributed by atoms with Gasteiger partial charge in [-0.2, -0.15) is 10.6 Å². The number of hydrogen-bond acceptors (Lipinski definition) is 6. The lowest BCUT2D eigenvalue weighted by atomic mass is 10.1. The van der Waals surface area contributed by atoms with Crippen molar-refractivity contribution in [3.63, 3.8) is 0 Å². The zero-order valence-electron chi connectivity index (χ0n) is 13.8. The number of carbonyl (C=O) groups excluding carboxylic acids is 1. The number of benzene rings is 2. The molecule has 1 atom stereocenters. The highest BCUT2D eigenvalue weighted by atomic mass is 32.3. The molecule has 0 saturated carbocycles. The first-order chi connectivity index (χ1) is 12.0. The Morgan fingerprint density at radius 2 is 1.96 bits per heavy atom. The molecule has 1 aliphatic rings. The molecule has 2 aromatic rings. The van der Waals surface area contributed by atoms with E-state index < -0.39 is 16.6 Å². The van der Waals surface area contributed by atoms with E-state index in [1.165, 1.54) is 0 Å². The fourth-order valence-electron chi connectivity index (χ4n) is 2.73. The molecule has 0 radical (unpaired) electrons. The average molecular weight is 380 g/mol. The van der Waals surface area contributed by atoms with E-state index in [0.29, 0.717) is 10.6 Å². The molecule has 134 valence electrons. The minimum atomic E-state index is -2.96. The Kier molecular flexibility index (Phi) is 5.58. The fourth-order valence-corrected chi connectivity index (χ4v) is 6.42. The summed E-state index contributed by atoms with van der Waals surface area (Å²) in [6.45, 7) is 1.75. The lowest BCUT2D eigenvalue weighted by Crippen LogP contribution is -2.15. The Hall–Kier alpha value is -1.67. The molecule has 0 amide bonds. The summed E-state index contributed by atoms with van der Waals surface area (Å²) in [5.41, 5.74) is 0.843. The highest BCUT2D eigenvalue weighted by molar-refractivity contribution is 8.25. The van der Waals surface area contributed by atoms with Crippen LogP contribution in [0.4, 0.5) is 0 Å². The molecular formula is C18H20O5S2. The summed E-state index contributed by atoms with van der Waals surface area (Å²) in [6, 6.07) is 15.2. The van der Waals surface area contributed by atoms with Crippen molar-refractivity contribution in [3.05, 3.63) is 54.1 Å². The quantitative estimate of drug-likeness (QED) is 0.714. The second-order valence-electron chi connectivity index (χ2n) is 5.52. The highest BCUT2D eigenvalue weighted by Crippen LogP contribution is 2.65.